The van der Waals surface area contributed by atoms with Gasteiger partial charge in [-0.05, 0) is 6.92 Å². The quantitative estimate of drug-likeness (QED) is 0.594. The van der Waals surface area contributed by atoms with Gasteiger partial charge in [-0.1, -0.05) is 0 Å². The Hall–Kier alpha value is -1.16. The lowest BCUT2D eigenvalue weighted by Gasteiger charge is -2.07. The number of aryl methyl sites for hydroxylation is 1. The predicted molar refractivity (Wildman–Crippen MR) is 42.1 cm³/mol. The van der Waals surface area contributed by atoms with Crippen LogP contribution in [0.3, 0.4) is 0 Å². The smallest absolute Gasteiger partial charge is 0.273 e. The van der Waals surface area contributed by atoms with Crippen LogP contribution in [-0.4, -0.2) is 9.55 Å². The number of hydrogen-bond acceptors (Lipinski definition) is 3. The third-order valence-electron chi connectivity index (χ3n) is 1.69. The van der Waals surface area contributed by atoms with Gasteiger partial charge in [-0.2, -0.15) is 4.98 Å². The van der Waals surface area contributed by atoms with Gasteiger partial charge in [-0.3, -0.25) is 4.79 Å². The molecule has 0 saturated heterocycles. The van der Waals surface area contributed by atoms with E-state index in [1.165, 1.54) is 6.07 Å². The Kier molecular flexibility index (Phi) is 2.05. The van der Waals surface area contributed by atoms with Gasteiger partial charge in [0.1, 0.15) is 5.82 Å². The Morgan fingerprint density at radius 3 is 2.91 bits per heavy atom. The molecule has 0 aliphatic rings. The molecule has 0 aromatic carbocycles. The monoisotopic (exact) mass is 153 g/mol. The normalized spacial score (nSPS) is 10.1. The van der Waals surface area contributed by atoms with Gasteiger partial charge in [0.2, 0.25) is 0 Å². The van der Waals surface area contributed by atoms with Crippen LogP contribution in [0.25, 0.3) is 0 Å². The van der Waals surface area contributed by atoms with Gasteiger partial charge in [0.25, 0.3) is 5.56 Å². The molecule has 1 aromatic rings. The molecular formula is C7H11N3O. The van der Waals surface area contributed by atoms with E-state index >= 15 is 0 Å². The fraction of sp³-hybridized carbons (Fsp3) is 0.429. The third kappa shape index (κ3) is 1.46. The second kappa shape index (κ2) is 2.84. The number of nitrogens with two attached hydrogens (primary N) is 1. The molecule has 0 aliphatic heterocycles. The summed E-state index contributed by atoms with van der Waals surface area (Å²) in [5, 5.41) is 0. The van der Waals surface area contributed by atoms with Crippen LogP contribution >= 0.6 is 0 Å². The fourth-order valence-corrected chi connectivity index (χ4v) is 0.910. The number of rotatable bonds is 1. The van der Waals surface area contributed by atoms with Gasteiger partial charge < -0.3 is 10.3 Å². The lowest BCUT2D eigenvalue weighted by atomic mass is 10.4. The van der Waals surface area contributed by atoms with Crippen molar-refractivity contribution in [1.82, 2.24) is 9.55 Å². The molecule has 1 aromatic heterocycles. The molecule has 4 heteroatoms. The van der Waals surface area contributed by atoms with Crippen molar-refractivity contribution in [3.63, 3.8) is 0 Å². The van der Waals surface area contributed by atoms with Crippen LogP contribution in [0.2, 0.25) is 0 Å². The minimum atomic E-state index is -0.221. The summed E-state index contributed by atoms with van der Waals surface area (Å²) in [6.07, 6.45) is 0. The van der Waals surface area contributed by atoms with Gasteiger partial charge >= 0.3 is 0 Å². The largest absolute Gasteiger partial charge is 0.335 e. The zero-order chi connectivity index (χ0) is 8.43. The summed E-state index contributed by atoms with van der Waals surface area (Å²) in [5.41, 5.74) is 5.99. The van der Waals surface area contributed by atoms with E-state index in [4.69, 9.17) is 5.73 Å². The second-order valence-corrected chi connectivity index (χ2v) is 2.40. The number of hydrogen-bond donors (Lipinski definition) is 1. The molecule has 4 nitrogen and oxygen atoms in total. The van der Waals surface area contributed by atoms with Crippen molar-refractivity contribution in [3.8, 4) is 0 Å². The van der Waals surface area contributed by atoms with Gasteiger partial charge in [0.15, 0.2) is 0 Å². The topological polar surface area (TPSA) is 60.9 Å². The van der Waals surface area contributed by atoms with E-state index in [-0.39, 0.29) is 5.56 Å². The summed E-state index contributed by atoms with van der Waals surface area (Å²) in [5.74, 6) is 0.693. The molecule has 0 fully saturated rings. The van der Waals surface area contributed by atoms with E-state index in [9.17, 15) is 4.79 Å². The van der Waals surface area contributed by atoms with Crippen molar-refractivity contribution in [2.24, 2.45) is 12.8 Å². The average molecular weight is 153 g/mol. The number of nitrogens with zero attached hydrogens (tertiary/aromatic N) is 2. The molecule has 11 heavy (non-hydrogen) atoms. The molecule has 1 rings (SSSR count). The first-order valence-corrected chi connectivity index (χ1v) is 3.38. The maximum absolute atomic E-state index is 10.8. The lowest BCUT2D eigenvalue weighted by molar-refractivity contribution is 0.730. The van der Waals surface area contributed by atoms with Crippen LogP contribution in [0.15, 0.2) is 10.9 Å². The van der Waals surface area contributed by atoms with Crippen molar-refractivity contribution < 1.29 is 0 Å². The highest BCUT2D eigenvalue weighted by Crippen LogP contribution is 1.94. The Balaban J connectivity index is 3.36. The third-order valence-corrected chi connectivity index (χ3v) is 1.69. The highest BCUT2D eigenvalue weighted by Gasteiger charge is 1.98. The Labute approximate surface area is 64.7 Å². The minimum Gasteiger partial charge on any atom is -0.335 e. The first-order chi connectivity index (χ1) is 5.15. The van der Waals surface area contributed by atoms with Crippen LogP contribution in [0, 0.1) is 6.92 Å². The Morgan fingerprint density at radius 1 is 1.73 bits per heavy atom. The molecule has 60 valence electrons. The SMILES string of the molecule is Cc1nc(=O)cc(CN)n1C. The molecule has 1 heterocycles. The van der Waals surface area contributed by atoms with E-state index in [2.05, 4.69) is 4.98 Å². The van der Waals surface area contributed by atoms with Gasteiger partial charge in [0, 0.05) is 25.4 Å². The number of aromatic nitrogens is 2. The summed E-state index contributed by atoms with van der Waals surface area (Å²) in [4.78, 5) is 14.6. The zero-order valence-electron chi connectivity index (χ0n) is 6.66. The van der Waals surface area contributed by atoms with Crippen molar-refractivity contribution in [1.29, 1.82) is 0 Å². The summed E-state index contributed by atoms with van der Waals surface area (Å²) in [6.45, 7) is 2.15. The highest BCUT2D eigenvalue weighted by molar-refractivity contribution is 5.04. The Morgan fingerprint density at radius 2 is 2.36 bits per heavy atom. The molecule has 0 spiro atoms. The second-order valence-electron chi connectivity index (χ2n) is 2.40. The van der Waals surface area contributed by atoms with E-state index in [1.807, 2.05) is 7.05 Å². The summed E-state index contributed by atoms with van der Waals surface area (Å²) >= 11 is 0. The van der Waals surface area contributed by atoms with E-state index < -0.39 is 0 Å². The average Bonchev–Trinajstić information content (AvgIpc) is 1.96. The van der Waals surface area contributed by atoms with Crippen LogP contribution in [0.1, 0.15) is 11.5 Å². The van der Waals surface area contributed by atoms with Crippen molar-refractivity contribution in [2.45, 2.75) is 13.5 Å². The highest BCUT2D eigenvalue weighted by atomic mass is 16.1. The van der Waals surface area contributed by atoms with Gasteiger partial charge in [0.05, 0.1) is 0 Å². The maximum Gasteiger partial charge on any atom is 0.273 e. The van der Waals surface area contributed by atoms with E-state index in [0.29, 0.717) is 12.4 Å². The first-order valence-electron chi connectivity index (χ1n) is 3.38. The fourth-order valence-electron chi connectivity index (χ4n) is 0.910. The van der Waals surface area contributed by atoms with Crippen molar-refractivity contribution >= 4 is 0 Å². The van der Waals surface area contributed by atoms with Crippen LogP contribution in [0.5, 0.6) is 0 Å². The molecular weight excluding hydrogens is 142 g/mol. The molecule has 0 saturated carbocycles. The van der Waals surface area contributed by atoms with Crippen LogP contribution in [0.4, 0.5) is 0 Å². The molecule has 0 bridgehead atoms. The van der Waals surface area contributed by atoms with Crippen molar-refractivity contribution in [3.05, 3.63) is 27.9 Å². The zero-order valence-corrected chi connectivity index (χ0v) is 6.66. The Bertz CT molecular complexity index is 316. The molecule has 0 unspecified atom stereocenters. The molecule has 0 aliphatic carbocycles. The van der Waals surface area contributed by atoms with E-state index in [1.54, 1.807) is 11.5 Å². The molecule has 0 atom stereocenters. The van der Waals surface area contributed by atoms with Gasteiger partial charge in [-0.25, -0.2) is 0 Å². The van der Waals surface area contributed by atoms with E-state index in [0.717, 1.165) is 5.69 Å². The summed E-state index contributed by atoms with van der Waals surface area (Å²) in [6, 6.07) is 1.45. The molecule has 0 radical (unpaired) electrons. The molecule has 0 amide bonds. The maximum atomic E-state index is 10.8. The summed E-state index contributed by atoms with van der Waals surface area (Å²) < 4.78 is 1.81. The van der Waals surface area contributed by atoms with Crippen LogP contribution < -0.4 is 11.3 Å². The standard InChI is InChI=1S/C7H11N3O/c1-5-9-7(11)3-6(4-8)10(5)2/h3H,4,8H2,1-2H3. The lowest BCUT2D eigenvalue weighted by Crippen LogP contribution is -2.18. The minimum absolute atomic E-state index is 0.221. The summed E-state index contributed by atoms with van der Waals surface area (Å²) in [7, 11) is 1.84. The van der Waals surface area contributed by atoms with Gasteiger partial charge in [-0.15, -0.1) is 0 Å². The van der Waals surface area contributed by atoms with Crippen molar-refractivity contribution in [2.75, 3.05) is 0 Å². The van der Waals surface area contributed by atoms with Crippen LogP contribution in [-0.2, 0) is 13.6 Å². The first kappa shape index (κ1) is 7.94. The molecule has 2 N–H and O–H groups in total. The predicted octanol–water partition coefficient (Wildman–Crippen LogP) is -0.453.